The molecule has 1 amide bonds. The molecule has 0 heterocycles. The molecule has 0 radical (unpaired) electrons. The maximum atomic E-state index is 12.0. The number of aryl methyl sites for hydroxylation is 1. The maximum absolute atomic E-state index is 12.0. The monoisotopic (exact) mass is 328 g/mol. The van der Waals surface area contributed by atoms with Gasteiger partial charge >= 0.3 is 0 Å². The fraction of sp³-hybridized carbons (Fsp3) is 0.316. The minimum Gasteiger partial charge on any atom is -0.351 e. The van der Waals surface area contributed by atoms with Crippen molar-refractivity contribution in [2.45, 2.75) is 24.9 Å². The van der Waals surface area contributed by atoms with E-state index in [9.17, 15) is 4.79 Å². The van der Waals surface area contributed by atoms with Gasteiger partial charge in [0.25, 0.3) is 0 Å². The number of rotatable bonds is 7. The minimum atomic E-state index is 0.0650. The van der Waals surface area contributed by atoms with Gasteiger partial charge < -0.3 is 10.2 Å². The zero-order chi connectivity index (χ0) is 16.7. The minimum absolute atomic E-state index is 0.0650. The molecule has 0 aliphatic carbocycles. The van der Waals surface area contributed by atoms with Crippen molar-refractivity contribution in [1.29, 1.82) is 0 Å². The fourth-order valence-corrected chi connectivity index (χ4v) is 2.98. The van der Waals surface area contributed by atoms with Crippen LogP contribution < -0.4 is 5.32 Å². The number of carbonyl (C=O) groups excluding carboxylic acids is 1. The van der Waals surface area contributed by atoms with E-state index in [1.54, 1.807) is 11.8 Å². The smallest absolute Gasteiger partial charge is 0.230 e. The third-order valence-corrected chi connectivity index (χ3v) is 4.48. The topological polar surface area (TPSA) is 32.3 Å². The molecule has 0 aliphatic rings. The van der Waals surface area contributed by atoms with E-state index in [0.717, 1.165) is 11.4 Å². The summed E-state index contributed by atoms with van der Waals surface area (Å²) in [5.74, 6) is 0.508. The Bertz CT molecular complexity index is 638. The molecule has 0 spiro atoms. The fourth-order valence-electron chi connectivity index (χ4n) is 2.25. The van der Waals surface area contributed by atoms with Crippen LogP contribution in [0.2, 0.25) is 0 Å². The first kappa shape index (κ1) is 17.6. The van der Waals surface area contributed by atoms with Gasteiger partial charge in [0.05, 0.1) is 5.75 Å². The number of nitrogens with one attached hydrogen (secondary N) is 1. The second-order valence-electron chi connectivity index (χ2n) is 5.88. The predicted octanol–water partition coefficient (Wildman–Crippen LogP) is 3.47. The van der Waals surface area contributed by atoms with Crippen molar-refractivity contribution in [3.63, 3.8) is 0 Å². The lowest BCUT2D eigenvalue weighted by atomic mass is 10.1. The largest absolute Gasteiger partial charge is 0.351 e. The van der Waals surface area contributed by atoms with E-state index < -0.39 is 0 Å². The van der Waals surface area contributed by atoms with Gasteiger partial charge in [-0.2, -0.15) is 0 Å². The van der Waals surface area contributed by atoms with Crippen molar-refractivity contribution in [1.82, 2.24) is 10.2 Å². The van der Waals surface area contributed by atoms with Crippen LogP contribution in [0.1, 0.15) is 16.7 Å². The Hall–Kier alpha value is -1.78. The molecule has 23 heavy (non-hydrogen) atoms. The lowest BCUT2D eigenvalue weighted by Crippen LogP contribution is -2.25. The summed E-state index contributed by atoms with van der Waals surface area (Å²) >= 11 is 1.57. The number of hydrogen-bond acceptors (Lipinski definition) is 3. The zero-order valence-electron chi connectivity index (χ0n) is 14.0. The van der Waals surface area contributed by atoms with Gasteiger partial charge in [-0.3, -0.25) is 4.79 Å². The molecule has 0 atom stereocenters. The molecule has 1 N–H and O–H groups in total. The summed E-state index contributed by atoms with van der Waals surface area (Å²) in [6, 6.07) is 16.5. The highest BCUT2D eigenvalue weighted by Gasteiger charge is 2.06. The Balaban J connectivity index is 1.83. The standard InChI is InChI=1S/C19H24N2OS/c1-15-8-10-18(11-9-15)23-14-19(22)20-12-16-6-4-5-7-17(16)13-21(2)3/h4-11H,12-14H2,1-3H3,(H,20,22). The van der Waals surface area contributed by atoms with Gasteiger partial charge in [0, 0.05) is 18.0 Å². The molecule has 0 unspecified atom stereocenters. The van der Waals surface area contributed by atoms with Crippen LogP contribution in [0.3, 0.4) is 0 Å². The number of nitrogens with zero attached hydrogens (tertiary/aromatic N) is 1. The summed E-state index contributed by atoms with van der Waals surface area (Å²) in [6.07, 6.45) is 0. The summed E-state index contributed by atoms with van der Waals surface area (Å²) in [5.41, 5.74) is 3.66. The van der Waals surface area contributed by atoms with E-state index in [1.807, 2.05) is 26.2 Å². The first-order chi connectivity index (χ1) is 11.0. The number of thioether (sulfide) groups is 1. The van der Waals surface area contributed by atoms with E-state index in [1.165, 1.54) is 16.7 Å². The van der Waals surface area contributed by atoms with Gasteiger partial charge in [0.2, 0.25) is 5.91 Å². The Morgan fingerprint density at radius 3 is 2.35 bits per heavy atom. The van der Waals surface area contributed by atoms with Crippen LogP contribution in [-0.4, -0.2) is 30.7 Å². The van der Waals surface area contributed by atoms with Gasteiger partial charge in [-0.05, 0) is 44.3 Å². The van der Waals surface area contributed by atoms with Crippen molar-refractivity contribution >= 4 is 17.7 Å². The van der Waals surface area contributed by atoms with Crippen LogP contribution in [0.25, 0.3) is 0 Å². The molecule has 0 saturated carbocycles. The first-order valence-corrected chi connectivity index (χ1v) is 8.71. The third kappa shape index (κ3) is 6.08. The third-order valence-electron chi connectivity index (χ3n) is 3.47. The quantitative estimate of drug-likeness (QED) is 0.790. The average Bonchev–Trinajstić information content (AvgIpc) is 2.53. The van der Waals surface area contributed by atoms with Crippen LogP contribution >= 0.6 is 11.8 Å². The van der Waals surface area contributed by atoms with Crippen molar-refractivity contribution in [3.8, 4) is 0 Å². The molecule has 2 aromatic carbocycles. The predicted molar refractivity (Wildman–Crippen MR) is 97.6 cm³/mol. The van der Waals surface area contributed by atoms with Gasteiger partial charge in [-0.15, -0.1) is 11.8 Å². The van der Waals surface area contributed by atoms with Crippen LogP contribution in [0, 0.1) is 6.92 Å². The lowest BCUT2D eigenvalue weighted by Gasteiger charge is -2.14. The molecule has 0 aromatic heterocycles. The normalized spacial score (nSPS) is 10.8. The second kappa shape index (κ2) is 8.75. The summed E-state index contributed by atoms with van der Waals surface area (Å²) in [5, 5.41) is 3.02. The number of hydrogen-bond donors (Lipinski definition) is 1. The van der Waals surface area contributed by atoms with E-state index in [2.05, 4.69) is 53.5 Å². The molecule has 0 aliphatic heterocycles. The summed E-state index contributed by atoms with van der Waals surface area (Å²) in [4.78, 5) is 15.3. The van der Waals surface area contributed by atoms with Gasteiger partial charge in [0.1, 0.15) is 0 Å². The second-order valence-corrected chi connectivity index (χ2v) is 6.93. The molecule has 0 bridgehead atoms. The number of carbonyl (C=O) groups is 1. The van der Waals surface area contributed by atoms with Crippen LogP contribution in [0.5, 0.6) is 0 Å². The Labute approximate surface area is 143 Å². The van der Waals surface area contributed by atoms with Crippen molar-refractivity contribution in [3.05, 3.63) is 65.2 Å². The average molecular weight is 328 g/mol. The molecule has 2 rings (SSSR count). The van der Waals surface area contributed by atoms with Gasteiger partial charge in [-0.25, -0.2) is 0 Å². The molecule has 3 nitrogen and oxygen atoms in total. The summed E-state index contributed by atoms with van der Waals surface area (Å²) in [7, 11) is 4.10. The van der Waals surface area contributed by atoms with Crippen molar-refractivity contribution in [2.75, 3.05) is 19.8 Å². The summed E-state index contributed by atoms with van der Waals surface area (Å²) in [6.45, 7) is 3.52. The van der Waals surface area contributed by atoms with Crippen LogP contribution in [-0.2, 0) is 17.9 Å². The SMILES string of the molecule is Cc1ccc(SCC(=O)NCc2ccccc2CN(C)C)cc1. The molecule has 122 valence electrons. The molecule has 4 heteroatoms. The number of benzene rings is 2. The number of amides is 1. The molecular weight excluding hydrogens is 304 g/mol. The van der Waals surface area contributed by atoms with Crippen LogP contribution in [0.15, 0.2) is 53.4 Å². The van der Waals surface area contributed by atoms with E-state index in [0.29, 0.717) is 12.3 Å². The molecule has 0 fully saturated rings. The highest BCUT2D eigenvalue weighted by molar-refractivity contribution is 8.00. The van der Waals surface area contributed by atoms with Crippen molar-refractivity contribution < 1.29 is 4.79 Å². The molecule has 0 saturated heterocycles. The van der Waals surface area contributed by atoms with E-state index in [-0.39, 0.29) is 5.91 Å². The molecular formula is C19H24N2OS. The Morgan fingerprint density at radius 2 is 1.70 bits per heavy atom. The molecule has 2 aromatic rings. The zero-order valence-corrected chi connectivity index (χ0v) is 14.8. The highest BCUT2D eigenvalue weighted by Crippen LogP contribution is 2.18. The summed E-state index contributed by atoms with van der Waals surface area (Å²) < 4.78 is 0. The Morgan fingerprint density at radius 1 is 1.04 bits per heavy atom. The van der Waals surface area contributed by atoms with E-state index in [4.69, 9.17) is 0 Å². The maximum Gasteiger partial charge on any atom is 0.230 e. The van der Waals surface area contributed by atoms with Crippen LogP contribution in [0.4, 0.5) is 0 Å². The highest BCUT2D eigenvalue weighted by atomic mass is 32.2. The lowest BCUT2D eigenvalue weighted by molar-refractivity contribution is -0.118. The van der Waals surface area contributed by atoms with Crippen molar-refractivity contribution in [2.24, 2.45) is 0 Å². The Kier molecular flexibility index (Phi) is 6.68. The van der Waals surface area contributed by atoms with Gasteiger partial charge in [-0.1, -0.05) is 42.0 Å². The first-order valence-electron chi connectivity index (χ1n) is 7.72. The van der Waals surface area contributed by atoms with Gasteiger partial charge in [0.15, 0.2) is 0 Å². The van der Waals surface area contributed by atoms with E-state index >= 15 is 0 Å².